The summed E-state index contributed by atoms with van der Waals surface area (Å²) in [6.45, 7) is 5.49. The number of rotatable bonds is 5. The number of carbonyl (C=O) groups excluding carboxylic acids is 1. The fraction of sp³-hybridized carbons (Fsp3) is 0.600. The molecule has 0 saturated carbocycles. The normalized spacial score (nSPS) is 11.3. The number of hydrogen-bond donors (Lipinski definition) is 2. The summed E-state index contributed by atoms with van der Waals surface area (Å²) in [4.78, 5) is 25.4. The summed E-state index contributed by atoms with van der Waals surface area (Å²) in [6, 6.07) is 0. The van der Waals surface area contributed by atoms with Crippen molar-refractivity contribution in [3.63, 3.8) is 0 Å². The number of aromatic nitrogens is 2. The zero-order chi connectivity index (χ0) is 13.9. The van der Waals surface area contributed by atoms with Gasteiger partial charge < -0.3 is 21.2 Å². The van der Waals surface area contributed by atoms with Crippen LogP contribution in [0.3, 0.4) is 0 Å². The van der Waals surface area contributed by atoms with Gasteiger partial charge in [-0.15, -0.1) is 0 Å². The standard InChI is InChI=1S/C10H17N5O3/c1-7-12-8(15(17)18)4-14(7)5-9(16)13-10(2,3)6-11/h4H,5-6,11H2,1-3H3,(H,13,16). The predicted molar refractivity (Wildman–Crippen MR) is 64.9 cm³/mol. The van der Waals surface area contributed by atoms with Gasteiger partial charge in [0.2, 0.25) is 11.7 Å². The predicted octanol–water partition coefficient (Wildman–Crippen LogP) is -0.0468. The molecule has 0 fully saturated rings. The van der Waals surface area contributed by atoms with Crippen LogP contribution in [-0.4, -0.2) is 32.5 Å². The van der Waals surface area contributed by atoms with Gasteiger partial charge in [0.1, 0.15) is 12.7 Å². The van der Waals surface area contributed by atoms with Crippen molar-refractivity contribution in [2.45, 2.75) is 32.9 Å². The van der Waals surface area contributed by atoms with Gasteiger partial charge in [0.15, 0.2) is 0 Å². The van der Waals surface area contributed by atoms with Crippen molar-refractivity contribution in [1.29, 1.82) is 0 Å². The van der Waals surface area contributed by atoms with Crippen LogP contribution in [0.1, 0.15) is 19.7 Å². The molecule has 0 aliphatic heterocycles. The number of carbonyl (C=O) groups is 1. The van der Waals surface area contributed by atoms with Gasteiger partial charge in [-0.2, -0.15) is 0 Å². The summed E-state index contributed by atoms with van der Waals surface area (Å²) in [7, 11) is 0. The highest BCUT2D eigenvalue weighted by Gasteiger charge is 2.21. The lowest BCUT2D eigenvalue weighted by molar-refractivity contribution is -0.389. The van der Waals surface area contributed by atoms with E-state index in [0.717, 1.165) is 0 Å². The van der Waals surface area contributed by atoms with Crippen molar-refractivity contribution in [3.05, 3.63) is 22.1 Å². The van der Waals surface area contributed by atoms with E-state index < -0.39 is 10.5 Å². The van der Waals surface area contributed by atoms with E-state index in [0.29, 0.717) is 12.4 Å². The lowest BCUT2D eigenvalue weighted by Gasteiger charge is -2.24. The lowest BCUT2D eigenvalue weighted by atomic mass is 10.1. The minimum atomic E-state index is -0.592. The zero-order valence-corrected chi connectivity index (χ0v) is 10.6. The third-order valence-corrected chi connectivity index (χ3v) is 2.45. The maximum absolute atomic E-state index is 11.7. The molecule has 100 valence electrons. The molecule has 1 aromatic heterocycles. The summed E-state index contributed by atoms with van der Waals surface area (Å²) in [6.07, 6.45) is 1.24. The quantitative estimate of drug-likeness (QED) is 0.565. The highest BCUT2D eigenvalue weighted by molar-refractivity contribution is 5.76. The molecule has 0 aliphatic carbocycles. The highest BCUT2D eigenvalue weighted by atomic mass is 16.6. The Bertz CT molecular complexity index is 466. The van der Waals surface area contributed by atoms with Crippen LogP contribution in [0.4, 0.5) is 5.82 Å². The minimum absolute atomic E-state index is 0.0178. The maximum atomic E-state index is 11.7. The molecule has 8 heteroatoms. The van der Waals surface area contributed by atoms with E-state index in [4.69, 9.17) is 5.73 Å². The first-order valence-corrected chi connectivity index (χ1v) is 5.44. The Morgan fingerprint density at radius 3 is 2.72 bits per heavy atom. The van der Waals surface area contributed by atoms with Crippen LogP contribution in [0, 0.1) is 17.0 Å². The van der Waals surface area contributed by atoms with E-state index in [1.165, 1.54) is 10.8 Å². The molecule has 0 atom stereocenters. The van der Waals surface area contributed by atoms with Crippen LogP contribution in [0.2, 0.25) is 0 Å². The van der Waals surface area contributed by atoms with Crippen molar-refractivity contribution in [2.24, 2.45) is 5.73 Å². The number of nitrogens with zero attached hydrogens (tertiary/aromatic N) is 3. The molecule has 18 heavy (non-hydrogen) atoms. The van der Waals surface area contributed by atoms with Gasteiger partial charge >= 0.3 is 5.82 Å². The smallest absolute Gasteiger partial charge is 0.358 e. The Morgan fingerprint density at radius 2 is 2.28 bits per heavy atom. The van der Waals surface area contributed by atoms with E-state index in [1.807, 2.05) is 0 Å². The molecule has 0 spiro atoms. The number of nitrogens with two attached hydrogens (primary N) is 1. The monoisotopic (exact) mass is 255 g/mol. The van der Waals surface area contributed by atoms with Gasteiger partial charge in [0, 0.05) is 19.0 Å². The van der Waals surface area contributed by atoms with Gasteiger partial charge in [-0.05, 0) is 23.8 Å². The first kappa shape index (κ1) is 14.1. The Hall–Kier alpha value is -1.96. The molecule has 3 N–H and O–H groups in total. The highest BCUT2D eigenvalue weighted by Crippen LogP contribution is 2.10. The molecule has 1 aromatic rings. The fourth-order valence-corrected chi connectivity index (χ4v) is 1.36. The molecule has 0 radical (unpaired) electrons. The molecule has 1 amide bonds. The van der Waals surface area contributed by atoms with E-state index in [2.05, 4.69) is 10.3 Å². The Morgan fingerprint density at radius 1 is 1.67 bits per heavy atom. The van der Waals surface area contributed by atoms with Crippen LogP contribution in [-0.2, 0) is 11.3 Å². The number of hydrogen-bond acceptors (Lipinski definition) is 5. The molecule has 1 rings (SSSR count). The number of imidazole rings is 1. The summed E-state index contributed by atoms with van der Waals surface area (Å²) in [5.41, 5.74) is 5.00. The van der Waals surface area contributed by atoms with E-state index >= 15 is 0 Å². The van der Waals surface area contributed by atoms with Crippen molar-refractivity contribution in [2.75, 3.05) is 6.54 Å². The van der Waals surface area contributed by atoms with Crippen LogP contribution in [0.15, 0.2) is 6.20 Å². The van der Waals surface area contributed by atoms with E-state index in [1.54, 1.807) is 20.8 Å². The van der Waals surface area contributed by atoms with Crippen LogP contribution >= 0.6 is 0 Å². The van der Waals surface area contributed by atoms with Gasteiger partial charge in [-0.3, -0.25) is 9.36 Å². The second-order valence-corrected chi connectivity index (χ2v) is 4.67. The lowest BCUT2D eigenvalue weighted by Crippen LogP contribution is -2.49. The van der Waals surface area contributed by atoms with Crippen molar-refractivity contribution < 1.29 is 9.72 Å². The average molecular weight is 255 g/mol. The summed E-state index contributed by atoms with van der Waals surface area (Å²) in [5, 5.41) is 13.3. The molecule has 1 heterocycles. The molecule has 0 aliphatic rings. The van der Waals surface area contributed by atoms with Crippen molar-refractivity contribution >= 4 is 11.7 Å². The molecule has 0 saturated heterocycles. The SMILES string of the molecule is Cc1nc([N+](=O)[O-])cn1CC(=O)NC(C)(C)CN. The summed E-state index contributed by atoms with van der Waals surface area (Å²) in [5.74, 6) is -0.110. The summed E-state index contributed by atoms with van der Waals surface area (Å²) < 4.78 is 1.43. The van der Waals surface area contributed by atoms with E-state index in [-0.39, 0.29) is 18.3 Å². The maximum Gasteiger partial charge on any atom is 0.381 e. The second-order valence-electron chi connectivity index (χ2n) is 4.67. The second kappa shape index (κ2) is 5.13. The first-order valence-electron chi connectivity index (χ1n) is 5.44. The topological polar surface area (TPSA) is 116 Å². The number of nitro groups is 1. The van der Waals surface area contributed by atoms with Gasteiger partial charge in [-0.25, -0.2) is 0 Å². The molecular weight excluding hydrogens is 238 g/mol. The number of aryl methyl sites for hydroxylation is 1. The van der Waals surface area contributed by atoms with Gasteiger partial charge in [0.05, 0.1) is 0 Å². The van der Waals surface area contributed by atoms with Crippen LogP contribution in [0.5, 0.6) is 0 Å². The van der Waals surface area contributed by atoms with Gasteiger partial charge in [0.25, 0.3) is 0 Å². The van der Waals surface area contributed by atoms with Crippen molar-refractivity contribution in [3.8, 4) is 0 Å². The Labute approximate surface area is 104 Å². The largest absolute Gasteiger partial charge is 0.381 e. The fourth-order valence-electron chi connectivity index (χ4n) is 1.36. The van der Waals surface area contributed by atoms with Gasteiger partial charge in [-0.1, -0.05) is 0 Å². The first-order chi connectivity index (χ1) is 8.25. The molecule has 0 aromatic carbocycles. The van der Waals surface area contributed by atoms with Crippen LogP contribution < -0.4 is 11.1 Å². The van der Waals surface area contributed by atoms with Crippen molar-refractivity contribution in [1.82, 2.24) is 14.9 Å². The molecule has 8 nitrogen and oxygen atoms in total. The Kier molecular flexibility index (Phi) is 4.02. The van der Waals surface area contributed by atoms with Crippen LogP contribution in [0.25, 0.3) is 0 Å². The molecular formula is C10H17N5O3. The third-order valence-electron chi connectivity index (χ3n) is 2.45. The third kappa shape index (κ3) is 3.52. The molecule has 0 unspecified atom stereocenters. The van der Waals surface area contributed by atoms with E-state index in [9.17, 15) is 14.9 Å². The minimum Gasteiger partial charge on any atom is -0.358 e. The number of nitrogens with one attached hydrogen (secondary N) is 1. The summed E-state index contributed by atoms with van der Waals surface area (Å²) >= 11 is 0. The average Bonchev–Trinajstić information content (AvgIpc) is 2.59. The number of amides is 1. The zero-order valence-electron chi connectivity index (χ0n) is 10.6. The molecule has 0 bridgehead atoms. The Balaban J connectivity index is 2.73.